The van der Waals surface area contributed by atoms with Gasteiger partial charge < -0.3 is 15.7 Å². The van der Waals surface area contributed by atoms with Gasteiger partial charge in [-0.05, 0) is 38.8 Å². The summed E-state index contributed by atoms with van der Waals surface area (Å²) in [6.07, 6.45) is 3.00. The molecule has 102 valence electrons. The summed E-state index contributed by atoms with van der Waals surface area (Å²) in [5.74, 6) is -1.07. The number of carbonyl (C=O) groups excluding carboxylic acids is 1. The average Bonchev–Trinajstić information content (AvgIpc) is 2.51. The van der Waals surface area contributed by atoms with Gasteiger partial charge in [-0.25, -0.2) is 4.79 Å². The van der Waals surface area contributed by atoms with Crippen molar-refractivity contribution in [2.75, 3.05) is 32.7 Å². The van der Waals surface area contributed by atoms with E-state index in [0.717, 1.165) is 39.0 Å². The van der Waals surface area contributed by atoms with Gasteiger partial charge in [-0.1, -0.05) is 0 Å². The van der Waals surface area contributed by atoms with Gasteiger partial charge in [0, 0.05) is 13.1 Å². The van der Waals surface area contributed by atoms with E-state index in [2.05, 4.69) is 15.5 Å². The predicted octanol–water partition coefficient (Wildman–Crippen LogP) is -0.595. The van der Waals surface area contributed by atoms with Crippen molar-refractivity contribution in [3.05, 3.63) is 0 Å². The van der Waals surface area contributed by atoms with Crippen molar-refractivity contribution in [1.82, 2.24) is 15.5 Å². The number of aliphatic carboxylic acids is 1. The van der Waals surface area contributed by atoms with Crippen LogP contribution in [-0.4, -0.2) is 60.1 Å². The fourth-order valence-corrected chi connectivity index (χ4v) is 2.49. The van der Waals surface area contributed by atoms with Gasteiger partial charge in [0.1, 0.15) is 5.54 Å². The van der Waals surface area contributed by atoms with Crippen molar-refractivity contribution in [1.29, 1.82) is 0 Å². The van der Waals surface area contributed by atoms with E-state index in [4.69, 9.17) is 5.11 Å². The van der Waals surface area contributed by atoms with Crippen LogP contribution < -0.4 is 10.6 Å². The van der Waals surface area contributed by atoms with Crippen LogP contribution in [0.2, 0.25) is 0 Å². The fourth-order valence-electron chi connectivity index (χ4n) is 2.49. The number of nitrogens with zero attached hydrogens (tertiary/aromatic N) is 1. The Morgan fingerprint density at radius 2 is 2.00 bits per heavy atom. The number of hydrogen-bond acceptors (Lipinski definition) is 4. The molecule has 0 spiro atoms. The Bertz CT molecular complexity index is 321. The Morgan fingerprint density at radius 1 is 1.22 bits per heavy atom. The quantitative estimate of drug-likeness (QED) is 0.625. The van der Waals surface area contributed by atoms with Crippen molar-refractivity contribution in [3.8, 4) is 0 Å². The second kappa shape index (κ2) is 5.67. The van der Waals surface area contributed by atoms with Crippen LogP contribution in [0.15, 0.2) is 0 Å². The summed E-state index contributed by atoms with van der Waals surface area (Å²) < 4.78 is 0. The van der Waals surface area contributed by atoms with Gasteiger partial charge in [-0.3, -0.25) is 9.69 Å². The number of carboxylic acid groups (broad SMARTS) is 1. The minimum Gasteiger partial charge on any atom is -0.480 e. The van der Waals surface area contributed by atoms with Gasteiger partial charge in [0.2, 0.25) is 5.91 Å². The maximum absolute atomic E-state index is 11.9. The van der Waals surface area contributed by atoms with Crippen LogP contribution in [0.5, 0.6) is 0 Å². The van der Waals surface area contributed by atoms with Crippen LogP contribution in [0.25, 0.3) is 0 Å². The molecule has 1 amide bonds. The third-order valence-electron chi connectivity index (χ3n) is 3.80. The normalized spacial score (nSPS) is 23.8. The smallest absolute Gasteiger partial charge is 0.329 e. The Kier molecular flexibility index (Phi) is 4.19. The molecule has 1 saturated heterocycles. The van der Waals surface area contributed by atoms with Crippen LogP contribution in [0.4, 0.5) is 0 Å². The van der Waals surface area contributed by atoms with Crippen molar-refractivity contribution in [3.63, 3.8) is 0 Å². The van der Waals surface area contributed by atoms with E-state index in [0.29, 0.717) is 19.4 Å². The summed E-state index contributed by atoms with van der Waals surface area (Å²) in [5, 5.41) is 15.1. The number of amides is 1. The summed E-state index contributed by atoms with van der Waals surface area (Å²) in [6, 6.07) is 0. The van der Waals surface area contributed by atoms with Crippen LogP contribution in [0.1, 0.15) is 25.7 Å². The molecule has 1 heterocycles. The van der Waals surface area contributed by atoms with Gasteiger partial charge in [0.15, 0.2) is 0 Å². The van der Waals surface area contributed by atoms with E-state index in [1.54, 1.807) is 0 Å². The first-order chi connectivity index (χ1) is 8.62. The van der Waals surface area contributed by atoms with E-state index >= 15 is 0 Å². The molecule has 0 atom stereocenters. The molecule has 0 aromatic rings. The molecule has 0 unspecified atom stereocenters. The molecule has 6 nitrogen and oxygen atoms in total. The third-order valence-corrected chi connectivity index (χ3v) is 3.80. The Balaban J connectivity index is 1.82. The molecule has 2 rings (SSSR count). The Labute approximate surface area is 107 Å². The zero-order chi connectivity index (χ0) is 13.0. The molecule has 2 aliphatic rings. The molecule has 0 bridgehead atoms. The first kappa shape index (κ1) is 13.3. The number of carbonyl (C=O) groups is 2. The number of carboxylic acids is 1. The zero-order valence-electron chi connectivity index (χ0n) is 10.6. The molecule has 6 heteroatoms. The minimum absolute atomic E-state index is 0.168. The SMILES string of the molecule is O=C(CN1CCCNCC1)NC1(C(=O)O)CCC1. The lowest BCUT2D eigenvalue weighted by molar-refractivity contribution is -0.152. The maximum Gasteiger partial charge on any atom is 0.329 e. The van der Waals surface area contributed by atoms with E-state index < -0.39 is 11.5 Å². The highest BCUT2D eigenvalue weighted by atomic mass is 16.4. The first-order valence-corrected chi connectivity index (χ1v) is 6.60. The van der Waals surface area contributed by atoms with E-state index in [1.165, 1.54) is 0 Å². The summed E-state index contributed by atoms with van der Waals surface area (Å²) in [7, 11) is 0. The molecule has 18 heavy (non-hydrogen) atoms. The fraction of sp³-hybridized carbons (Fsp3) is 0.833. The summed E-state index contributed by atoms with van der Waals surface area (Å²) in [4.78, 5) is 25.1. The standard InChI is InChI=1S/C12H21N3O3/c16-10(9-15-7-2-5-13-6-8-15)14-12(11(17)18)3-1-4-12/h13H,1-9H2,(H,14,16)(H,17,18). The molecule has 0 aromatic carbocycles. The van der Waals surface area contributed by atoms with Crippen LogP contribution in [0, 0.1) is 0 Å². The molecule has 3 N–H and O–H groups in total. The van der Waals surface area contributed by atoms with Gasteiger partial charge in [0.05, 0.1) is 6.54 Å². The van der Waals surface area contributed by atoms with Gasteiger partial charge >= 0.3 is 5.97 Å². The minimum atomic E-state index is -0.985. The Morgan fingerprint density at radius 3 is 2.61 bits per heavy atom. The topological polar surface area (TPSA) is 81.7 Å². The summed E-state index contributed by atoms with van der Waals surface area (Å²) in [6.45, 7) is 3.90. The maximum atomic E-state index is 11.9. The molecule has 0 aromatic heterocycles. The van der Waals surface area contributed by atoms with E-state index in [-0.39, 0.29) is 5.91 Å². The predicted molar refractivity (Wildman–Crippen MR) is 66.3 cm³/mol. The van der Waals surface area contributed by atoms with E-state index in [9.17, 15) is 9.59 Å². The van der Waals surface area contributed by atoms with Crippen LogP contribution >= 0.6 is 0 Å². The van der Waals surface area contributed by atoms with Crippen molar-refractivity contribution in [2.24, 2.45) is 0 Å². The monoisotopic (exact) mass is 255 g/mol. The number of nitrogens with one attached hydrogen (secondary N) is 2. The van der Waals surface area contributed by atoms with Gasteiger partial charge in [-0.15, -0.1) is 0 Å². The van der Waals surface area contributed by atoms with E-state index in [1.807, 2.05) is 0 Å². The molecule has 2 fully saturated rings. The second-order valence-corrected chi connectivity index (χ2v) is 5.17. The lowest BCUT2D eigenvalue weighted by Gasteiger charge is -2.38. The second-order valence-electron chi connectivity index (χ2n) is 5.17. The molecule has 1 saturated carbocycles. The lowest BCUT2D eigenvalue weighted by atomic mass is 9.77. The highest BCUT2D eigenvalue weighted by Gasteiger charge is 2.45. The van der Waals surface area contributed by atoms with Gasteiger partial charge in [0.25, 0.3) is 0 Å². The van der Waals surface area contributed by atoms with Crippen LogP contribution in [0.3, 0.4) is 0 Å². The highest BCUT2D eigenvalue weighted by molar-refractivity contribution is 5.88. The summed E-state index contributed by atoms with van der Waals surface area (Å²) >= 11 is 0. The Hall–Kier alpha value is -1.14. The lowest BCUT2D eigenvalue weighted by Crippen LogP contribution is -2.60. The third kappa shape index (κ3) is 3.00. The largest absolute Gasteiger partial charge is 0.480 e. The van der Waals surface area contributed by atoms with Gasteiger partial charge in [-0.2, -0.15) is 0 Å². The van der Waals surface area contributed by atoms with Crippen molar-refractivity contribution >= 4 is 11.9 Å². The molecular weight excluding hydrogens is 234 g/mol. The molecule has 1 aliphatic carbocycles. The first-order valence-electron chi connectivity index (χ1n) is 6.60. The van der Waals surface area contributed by atoms with Crippen molar-refractivity contribution in [2.45, 2.75) is 31.2 Å². The molecule has 0 radical (unpaired) electrons. The number of hydrogen-bond donors (Lipinski definition) is 3. The zero-order valence-corrected chi connectivity index (χ0v) is 10.6. The molecular formula is C12H21N3O3. The average molecular weight is 255 g/mol. The molecule has 1 aliphatic heterocycles. The number of rotatable bonds is 4. The van der Waals surface area contributed by atoms with Crippen LogP contribution in [-0.2, 0) is 9.59 Å². The van der Waals surface area contributed by atoms with Crippen molar-refractivity contribution < 1.29 is 14.7 Å². The highest BCUT2D eigenvalue weighted by Crippen LogP contribution is 2.31. The summed E-state index contributed by atoms with van der Waals surface area (Å²) in [5.41, 5.74) is -0.985.